The van der Waals surface area contributed by atoms with Gasteiger partial charge in [0.1, 0.15) is 17.3 Å². The number of H-pyrrole nitrogens is 2. The number of imidazole rings is 2. The van der Waals surface area contributed by atoms with Crippen molar-refractivity contribution in [2.75, 3.05) is 13.1 Å². The molecule has 0 aliphatic carbocycles. The third-order valence-electron chi connectivity index (χ3n) is 7.15. The van der Waals surface area contributed by atoms with Gasteiger partial charge in [0, 0.05) is 23.5 Å². The Hall–Kier alpha value is -3.95. The number of rotatable bonds is 5. The summed E-state index contributed by atoms with van der Waals surface area (Å²) in [5.74, 6) is 1.99. The van der Waals surface area contributed by atoms with Gasteiger partial charge < -0.3 is 20.6 Å². The number of benzene rings is 1. The van der Waals surface area contributed by atoms with Crippen LogP contribution in [0.25, 0.3) is 44.9 Å². The second-order valence-electron chi connectivity index (χ2n) is 9.54. The normalized spacial score (nSPS) is 19.9. The first-order valence-corrected chi connectivity index (χ1v) is 12.6. The van der Waals surface area contributed by atoms with Crippen molar-refractivity contribution < 1.29 is 0 Å². The summed E-state index contributed by atoms with van der Waals surface area (Å²) in [6.45, 7) is 2.10. The zero-order chi connectivity index (χ0) is 23.9. The van der Waals surface area contributed by atoms with Crippen molar-refractivity contribution in [3.05, 3.63) is 66.8 Å². The highest BCUT2D eigenvalue weighted by atomic mass is 15.0. The molecule has 2 aliphatic rings. The van der Waals surface area contributed by atoms with Crippen LogP contribution in [0.4, 0.5) is 0 Å². The van der Waals surface area contributed by atoms with Crippen LogP contribution in [-0.2, 0) is 0 Å². The molecule has 0 bridgehead atoms. The molecule has 4 aromatic heterocycles. The van der Waals surface area contributed by atoms with Gasteiger partial charge in [-0.2, -0.15) is 0 Å². The average molecular weight is 478 g/mol. The number of pyridine rings is 1. The van der Waals surface area contributed by atoms with Gasteiger partial charge in [-0.05, 0) is 63.0 Å². The number of nitrogens with one attached hydrogen (secondary N) is 4. The lowest BCUT2D eigenvalue weighted by atomic mass is 10.1. The maximum absolute atomic E-state index is 4.82. The van der Waals surface area contributed by atoms with E-state index in [2.05, 4.69) is 47.7 Å². The lowest BCUT2D eigenvalue weighted by molar-refractivity contribution is 0.613. The van der Waals surface area contributed by atoms with Crippen LogP contribution in [0.3, 0.4) is 0 Å². The molecule has 0 radical (unpaired) electrons. The van der Waals surface area contributed by atoms with E-state index >= 15 is 0 Å². The summed E-state index contributed by atoms with van der Waals surface area (Å²) in [5, 5.41) is 6.96. The van der Waals surface area contributed by atoms with E-state index in [4.69, 9.17) is 9.97 Å². The highest BCUT2D eigenvalue weighted by molar-refractivity contribution is 5.82. The largest absolute Gasteiger partial charge is 0.347 e. The van der Waals surface area contributed by atoms with Crippen molar-refractivity contribution >= 4 is 11.0 Å². The average Bonchev–Trinajstić information content (AvgIpc) is 3.75. The fourth-order valence-corrected chi connectivity index (χ4v) is 5.16. The molecule has 0 unspecified atom stereocenters. The van der Waals surface area contributed by atoms with Crippen LogP contribution in [0, 0.1) is 0 Å². The molecule has 0 amide bonds. The lowest BCUT2D eigenvalue weighted by Crippen LogP contribution is -2.14. The Bertz CT molecular complexity index is 1510. The van der Waals surface area contributed by atoms with E-state index in [-0.39, 0.29) is 0 Å². The molecular weight excluding hydrogens is 450 g/mol. The van der Waals surface area contributed by atoms with Crippen molar-refractivity contribution in [1.29, 1.82) is 0 Å². The Labute approximate surface area is 208 Å². The number of hydrogen-bond donors (Lipinski definition) is 4. The van der Waals surface area contributed by atoms with Crippen molar-refractivity contribution in [2.24, 2.45) is 0 Å². The fourth-order valence-electron chi connectivity index (χ4n) is 5.16. The van der Waals surface area contributed by atoms with Crippen LogP contribution in [0.5, 0.6) is 0 Å². The number of fused-ring (bicyclic) bond motifs is 1. The first kappa shape index (κ1) is 21.3. The molecule has 4 N–H and O–H groups in total. The second kappa shape index (κ2) is 8.92. The standard InChI is InChI=1S/C27H27N9/c1-3-20(28-9-1)26-32-13-23(35-26)16-5-8-19-22(11-16)31-15-25(34-19)18-7-6-17(12-30-18)24-14-33-27(36-24)21-4-2-10-29-21/h5-8,11-15,20-21,28-29H,1-4,9-10H2,(H,32,35)(H,33,36)/t20-,21-/m0/s1. The monoisotopic (exact) mass is 477 g/mol. The quantitative estimate of drug-likeness (QED) is 0.297. The molecule has 7 rings (SSSR count). The van der Waals surface area contributed by atoms with E-state index < -0.39 is 0 Å². The van der Waals surface area contributed by atoms with Crippen molar-refractivity contribution in [3.8, 4) is 33.9 Å². The van der Waals surface area contributed by atoms with Crippen LogP contribution in [0.2, 0.25) is 0 Å². The Morgan fingerprint density at radius 2 is 1.50 bits per heavy atom. The molecule has 36 heavy (non-hydrogen) atoms. The smallest absolute Gasteiger partial charge is 0.124 e. The number of nitrogens with zero attached hydrogens (tertiary/aromatic N) is 5. The van der Waals surface area contributed by atoms with E-state index in [1.54, 1.807) is 6.20 Å². The van der Waals surface area contributed by atoms with Crippen LogP contribution >= 0.6 is 0 Å². The van der Waals surface area contributed by atoms with Gasteiger partial charge >= 0.3 is 0 Å². The number of aromatic amines is 2. The first-order chi connectivity index (χ1) is 17.8. The number of aromatic nitrogens is 7. The van der Waals surface area contributed by atoms with E-state index in [1.165, 1.54) is 12.8 Å². The van der Waals surface area contributed by atoms with E-state index in [0.717, 1.165) is 82.5 Å². The molecule has 9 nitrogen and oxygen atoms in total. The number of hydrogen-bond acceptors (Lipinski definition) is 7. The minimum absolute atomic E-state index is 0.319. The van der Waals surface area contributed by atoms with Gasteiger partial charge in [-0.3, -0.25) is 9.97 Å². The molecule has 5 aromatic rings. The van der Waals surface area contributed by atoms with Crippen LogP contribution < -0.4 is 10.6 Å². The van der Waals surface area contributed by atoms with Crippen LogP contribution in [0.15, 0.2) is 55.1 Å². The Morgan fingerprint density at radius 1 is 0.667 bits per heavy atom. The minimum atomic E-state index is 0.319. The molecule has 2 saturated heterocycles. The Morgan fingerprint density at radius 3 is 2.28 bits per heavy atom. The zero-order valence-corrected chi connectivity index (χ0v) is 19.8. The third-order valence-corrected chi connectivity index (χ3v) is 7.15. The van der Waals surface area contributed by atoms with Gasteiger partial charge in [0.25, 0.3) is 0 Å². The van der Waals surface area contributed by atoms with Crippen LogP contribution in [-0.4, -0.2) is 48.0 Å². The summed E-state index contributed by atoms with van der Waals surface area (Å²) in [6, 6.07) is 10.8. The Kier molecular flexibility index (Phi) is 5.29. The molecule has 0 saturated carbocycles. The minimum Gasteiger partial charge on any atom is -0.347 e. The summed E-state index contributed by atoms with van der Waals surface area (Å²) in [7, 11) is 0. The molecular formula is C27H27N9. The summed E-state index contributed by atoms with van der Waals surface area (Å²) < 4.78 is 0. The van der Waals surface area contributed by atoms with Gasteiger partial charge in [-0.15, -0.1) is 0 Å². The molecule has 2 atom stereocenters. The maximum Gasteiger partial charge on any atom is 0.124 e. The molecule has 2 fully saturated rings. The topological polar surface area (TPSA) is 120 Å². The van der Waals surface area contributed by atoms with E-state index in [1.807, 2.05) is 36.8 Å². The van der Waals surface area contributed by atoms with Crippen LogP contribution in [0.1, 0.15) is 49.4 Å². The SMILES string of the molecule is c1cc(-c2cnc3cc(-c4cnc([C@@H]5CCCN5)[nH]4)ccc3n2)ncc1-c1c[nH]c([C@@H]2CCCN2)n1. The predicted molar refractivity (Wildman–Crippen MR) is 138 cm³/mol. The summed E-state index contributed by atoms with van der Waals surface area (Å²) in [4.78, 5) is 30.3. The van der Waals surface area contributed by atoms with Gasteiger partial charge in [0.2, 0.25) is 0 Å². The fraction of sp³-hybridized carbons (Fsp3) is 0.296. The highest BCUT2D eigenvalue weighted by Crippen LogP contribution is 2.28. The molecule has 1 aromatic carbocycles. The molecule has 6 heterocycles. The van der Waals surface area contributed by atoms with Gasteiger partial charge in [-0.25, -0.2) is 15.0 Å². The maximum atomic E-state index is 4.82. The van der Waals surface area contributed by atoms with Crippen molar-refractivity contribution in [3.63, 3.8) is 0 Å². The molecule has 180 valence electrons. The molecule has 0 spiro atoms. The summed E-state index contributed by atoms with van der Waals surface area (Å²) in [5.41, 5.74) is 7.13. The van der Waals surface area contributed by atoms with Gasteiger partial charge in [0.15, 0.2) is 0 Å². The van der Waals surface area contributed by atoms with Gasteiger partial charge in [-0.1, -0.05) is 6.07 Å². The third kappa shape index (κ3) is 3.96. The predicted octanol–water partition coefficient (Wildman–Crippen LogP) is 4.32. The second-order valence-corrected chi connectivity index (χ2v) is 9.54. The van der Waals surface area contributed by atoms with Crippen molar-refractivity contribution in [1.82, 2.24) is 45.5 Å². The summed E-state index contributed by atoms with van der Waals surface area (Å²) >= 11 is 0. The van der Waals surface area contributed by atoms with Crippen molar-refractivity contribution in [2.45, 2.75) is 37.8 Å². The summed E-state index contributed by atoms with van der Waals surface area (Å²) in [6.07, 6.45) is 12.1. The zero-order valence-electron chi connectivity index (χ0n) is 19.8. The molecule has 9 heteroatoms. The highest BCUT2D eigenvalue weighted by Gasteiger charge is 2.20. The first-order valence-electron chi connectivity index (χ1n) is 12.6. The lowest BCUT2D eigenvalue weighted by Gasteiger charge is -2.06. The Balaban J connectivity index is 1.11. The van der Waals surface area contributed by atoms with E-state index in [0.29, 0.717) is 12.1 Å². The molecule has 2 aliphatic heterocycles. The van der Waals surface area contributed by atoms with Gasteiger partial charge in [0.05, 0.1) is 52.6 Å². The van der Waals surface area contributed by atoms with E-state index in [9.17, 15) is 0 Å².